The molecule has 1 heterocycles. The molecular weight excluding hydrogens is 276 g/mol. The summed E-state index contributed by atoms with van der Waals surface area (Å²) in [7, 11) is 1.35. The maximum atomic E-state index is 11.8. The molecule has 110 valence electrons. The van der Waals surface area contributed by atoms with E-state index in [1.165, 1.54) is 7.11 Å². The second-order valence-corrected chi connectivity index (χ2v) is 5.33. The molecule has 0 spiro atoms. The highest BCUT2D eigenvalue weighted by Gasteiger charge is 2.25. The molecule has 20 heavy (non-hydrogen) atoms. The van der Waals surface area contributed by atoms with Crippen molar-refractivity contribution in [2.45, 2.75) is 33.7 Å². The van der Waals surface area contributed by atoms with Gasteiger partial charge in [-0.3, -0.25) is 0 Å². The Morgan fingerprint density at radius 3 is 2.40 bits per heavy atom. The van der Waals surface area contributed by atoms with Crippen molar-refractivity contribution in [3.63, 3.8) is 0 Å². The lowest BCUT2D eigenvalue weighted by Crippen LogP contribution is -2.37. The first-order valence-electron chi connectivity index (χ1n) is 6.27. The van der Waals surface area contributed by atoms with Gasteiger partial charge in [0.25, 0.3) is 0 Å². The van der Waals surface area contributed by atoms with Crippen molar-refractivity contribution in [1.82, 2.24) is 10.2 Å². The van der Waals surface area contributed by atoms with E-state index in [9.17, 15) is 4.79 Å². The Morgan fingerprint density at radius 2 is 1.95 bits per heavy atom. The van der Waals surface area contributed by atoms with Gasteiger partial charge in [-0.1, -0.05) is 26.1 Å². The number of nitrogens with one attached hydrogen (secondary N) is 1. The second-order valence-electron chi connectivity index (χ2n) is 4.89. The SMILES string of the molecule is COC(=O)C(Nc1nnc(C)c(C)c1C(N)=S)C(C)C. The highest BCUT2D eigenvalue weighted by molar-refractivity contribution is 7.80. The predicted molar refractivity (Wildman–Crippen MR) is 81.7 cm³/mol. The molecule has 0 radical (unpaired) electrons. The Labute approximate surface area is 124 Å². The van der Waals surface area contributed by atoms with E-state index in [1.54, 1.807) is 0 Å². The second kappa shape index (κ2) is 6.60. The Kier molecular flexibility index (Phi) is 5.38. The van der Waals surface area contributed by atoms with Crippen LogP contribution in [0.5, 0.6) is 0 Å². The van der Waals surface area contributed by atoms with E-state index in [0.29, 0.717) is 11.4 Å². The molecule has 1 aromatic rings. The summed E-state index contributed by atoms with van der Waals surface area (Å²) in [6.07, 6.45) is 0. The smallest absolute Gasteiger partial charge is 0.328 e. The van der Waals surface area contributed by atoms with Crippen LogP contribution in [0.2, 0.25) is 0 Å². The van der Waals surface area contributed by atoms with Gasteiger partial charge in [0, 0.05) is 0 Å². The van der Waals surface area contributed by atoms with Crippen LogP contribution in [0.3, 0.4) is 0 Å². The standard InChI is InChI=1S/C13H20N4O2S/c1-6(2)10(13(18)19-5)15-12-9(11(14)20)7(3)8(4)16-17-12/h6,10H,1-5H3,(H2,14,20)(H,15,17). The molecule has 0 aromatic carbocycles. The first-order chi connectivity index (χ1) is 9.29. The topological polar surface area (TPSA) is 90.1 Å². The third kappa shape index (κ3) is 3.41. The van der Waals surface area contributed by atoms with Crippen molar-refractivity contribution in [1.29, 1.82) is 0 Å². The quantitative estimate of drug-likeness (QED) is 0.626. The minimum Gasteiger partial charge on any atom is -0.467 e. The number of nitrogens with zero attached hydrogens (tertiary/aromatic N) is 2. The number of esters is 1. The van der Waals surface area contributed by atoms with Gasteiger partial charge < -0.3 is 15.8 Å². The average molecular weight is 296 g/mol. The molecule has 7 heteroatoms. The first kappa shape index (κ1) is 16.3. The van der Waals surface area contributed by atoms with Crippen LogP contribution >= 0.6 is 12.2 Å². The number of methoxy groups -OCH3 is 1. The Hall–Kier alpha value is -1.76. The number of ether oxygens (including phenoxy) is 1. The molecule has 1 aromatic heterocycles. The zero-order chi connectivity index (χ0) is 15.4. The molecule has 1 unspecified atom stereocenters. The number of carbonyl (C=O) groups is 1. The van der Waals surface area contributed by atoms with Gasteiger partial charge in [0.15, 0.2) is 5.82 Å². The maximum absolute atomic E-state index is 11.8. The molecule has 1 atom stereocenters. The highest BCUT2D eigenvalue weighted by Crippen LogP contribution is 2.20. The van der Waals surface area contributed by atoms with Crippen LogP contribution < -0.4 is 11.1 Å². The summed E-state index contributed by atoms with van der Waals surface area (Å²) in [4.78, 5) is 12.0. The predicted octanol–water partition coefficient (Wildman–Crippen LogP) is 1.34. The number of thiocarbonyl (C=S) groups is 1. The van der Waals surface area contributed by atoms with Crippen molar-refractivity contribution >= 4 is 29.0 Å². The van der Waals surface area contributed by atoms with E-state index in [1.807, 2.05) is 27.7 Å². The molecule has 6 nitrogen and oxygen atoms in total. The zero-order valence-corrected chi connectivity index (χ0v) is 13.2. The van der Waals surface area contributed by atoms with Crippen LogP contribution in [0.4, 0.5) is 5.82 Å². The van der Waals surface area contributed by atoms with Crippen molar-refractivity contribution in [3.05, 3.63) is 16.8 Å². The van der Waals surface area contributed by atoms with Gasteiger partial charge >= 0.3 is 5.97 Å². The highest BCUT2D eigenvalue weighted by atomic mass is 32.1. The van der Waals surface area contributed by atoms with E-state index >= 15 is 0 Å². The minimum absolute atomic E-state index is 0.0186. The lowest BCUT2D eigenvalue weighted by Gasteiger charge is -2.22. The van der Waals surface area contributed by atoms with Gasteiger partial charge in [0.1, 0.15) is 11.0 Å². The summed E-state index contributed by atoms with van der Waals surface area (Å²) < 4.78 is 4.79. The summed E-state index contributed by atoms with van der Waals surface area (Å²) in [5, 5.41) is 11.1. The Bertz CT molecular complexity index is 531. The van der Waals surface area contributed by atoms with Crippen LogP contribution in [0, 0.1) is 19.8 Å². The Morgan fingerprint density at radius 1 is 1.35 bits per heavy atom. The monoisotopic (exact) mass is 296 g/mol. The van der Waals surface area contributed by atoms with Crippen molar-refractivity contribution in [3.8, 4) is 0 Å². The molecule has 0 aliphatic heterocycles. The maximum Gasteiger partial charge on any atom is 0.328 e. The van der Waals surface area contributed by atoms with Crippen LogP contribution in [-0.2, 0) is 9.53 Å². The molecule has 1 rings (SSSR count). The van der Waals surface area contributed by atoms with Crippen LogP contribution in [0.1, 0.15) is 30.7 Å². The zero-order valence-electron chi connectivity index (χ0n) is 12.4. The van der Waals surface area contributed by atoms with Gasteiger partial charge in [-0.2, -0.15) is 5.10 Å². The van der Waals surface area contributed by atoms with Crippen molar-refractivity contribution in [2.24, 2.45) is 11.7 Å². The van der Waals surface area contributed by atoms with E-state index < -0.39 is 6.04 Å². The normalized spacial score (nSPS) is 12.1. The van der Waals surface area contributed by atoms with Gasteiger partial charge in [0.05, 0.1) is 18.4 Å². The summed E-state index contributed by atoms with van der Waals surface area (Å²) >= 11 is 5.06. The summed E-state index contributed by atoms with van der Waals surface area (Å²) in [6.45, 7) is 7.51. The number of aryl methyl sites for hydroxylation is 1. The average Bonchev–Trinajstić information content (AvgIpc) is 2.38. The number of rotatable bonds is 5. The first-order valence-corrected chi connectivity index (χ1v) is 6.68. The largest absolute Gasteiger partial charge is 0.467 e. The molecule has 0 saturated carbocycles. The van der Waals surface area contributed by atoms with Crippen LogP contribution in [0.15, 0.2) is 0 Å². The van der Waals surface area contributed by atoms with E-state index in [2.05, 4.69) is 15.5 Å². The Balaban J connectivity index is 3.23. The van der Waals surface area contributed by atoms with E-state index in [4.69, 9.17) is 22.7 Å². The van der Waals surface area contributed by atoms with Crippen LogP contribution in [0.25, 0.3) is 0 Å². The van der Waals surface area contributed by atoms with Crippen molar-refractivity contribution in [2.75, 3.05) is 12.4 Å². The number of aromatic nitrogens is 2. The van der Waals surface area contributed by atoms with Crippen LogP contribution in [-0.4, -0.2) is 34.3 Å². The van der Waals surface area contributed by atoms with Gasteiger partial charge in [-0.25, -0.2) is 4.79 Å². The minimum atomic E-state index is -0.537. The van der Waals surface area contributed by atoms with Gasteiger partial charge in [-0.05, 0) is 25.3 Å². The molecule has 0 aliphatic carbocycles. The third-order valence-electron chi connectivity index (χ3n) is 3.11. The molecule has 0 amide bonds. The fourth-order valence-electron chi connectivity index (χ4n) is 1.78. The molecule has 0 bridgehead atoms. The number of hydrogen-bond acceptors (Lipinski definition) is 6. The third-order valence-corrected chi connectivity index (χ3v) is 3.32. The molecule has 0 aliphatic rings. The van der Waals surface area contributed by atoms with E-state index in [-0.39, 0.29) is 16.9 Å². The summed E-state index contributed by atoms with van der Waals surface area (Å²) in [5.41, 5.74) is 7.96. The lowest BCUT2D eigenvalue weighted by atomic mass is 10.0. The number of nitrogens with two attached hydrogens (primary N) is 1. The lowest BCUT2D eigenvalue weighted by molar-refractivity contribution is -0.142. The molecule has 0 fully saturated rings. The molecule has 3 N–H and O–H groups in total. The van der Waals surface area contributed by atoms with Gasteiger partial charge in [-0.15, -0.1) is 5.10 Å². The fourth-order valence-corrected chi connectivity index (χ4v) is 2.03. The number of hydrogen-bond donors (Lipinski definition) is 2. The molecular formula is C13H20N4O2S. The van der Waals surface area contributed by atoms with E-state index in [0.717, 1.165) is 11.3 Å². The fraction of sp³-hybridized carbons (Fsp3) is 0.538. The van der Waals surface area contributed by atoms with Gasteiger partial charge in [0.2, 0.25) is 0 Å². The number of anilines is 1. The molecule has 0 saturated heterocycles. The number of carbonyl (C=O) groups excluding carboxylic acids is 1. The summed E-state index contributed by atoms with van der Waals surface area (Å²) in [5.74, 6) is 0.0590. The summed E-state index contributed by atoms with van der Waals surface area (Å²) in [6, 6.07) is -0.537. The van der Waals surface area contributed by atoms with Crippen molar-refractivity contribution < 1.29 is 9.53 Å².